The minimum Gasteiger partial charge on any atom is -0.465 e. The Morgan fingerprint density at radius 3 is 2.64 bits per heavy atom. The first-order valence-electron chi connectivity index (χ1n) is 7.30. The highest BCUT2D eigenvalue weighted by Gasteiger charge is 2.22. The van der Waals surface area contributed by atoms with Crippen LogP contribution in [0.25, 0.3) is 0 Å². The fraction of sp³-hybridized carbons (Fsp3) is 0.400. The van der Waals surface area contributed by atoms with Crippen molar-refractivity contribution < 1.29 is 22.9 Å². The molecule has 1 aromatic carbocycles. The van der Waals surface area contributed by atoms with Crippen molar-refractivity contribution in [1.29, 1.82) is 0 Å². The van der Waals surface area contributed by atoms with Gasteiger partial charge in [-0.2, -0.15) is 0 Å². The molecule has 138 valence electrons. The third-order valence-electron chi connectivity index (χ3n) is 3.25. The molecule has 0 aromatic heterocycles. The number of alkyl halides is 1. The van der Waals surface area contributed by atoms with E-state index in [9.17, 15) is 23.3 Å². The minimum atomic E-state index is -3.78. The number of rotatable bonds is 9. The summed E-state index contributed by atoms with van der Waals surface area (Å²) >= 11 is 5.53. The van der Waals surface area contributed by atoms with E-state index in [4.69, 9.17) is 11.6 Å². The van der Waals surface area contributed by atoms with E-state index in [-0.39, 0.29) is 28.3 Å². The lowest BCUT2D eigenvalue weighted by Crippen LogP contribution is -2.17. The number of sulfonamides is 1. The number of methoxy groups -OCH3 is 1. The molecule has 1 N–H and O–H groups in total. The number of halogens is 1. The summed E-state index contributed by atoms with van der Waals surface area (Å²) in [5, 5.41) is 11.1. The van der Waals surface area contributed by atoms with Gasteiger partial charge in [-0.25, -0.2) is 13.2 Å². The van der Waals surface area contributed by atoms with Gasteiger partial charge in [-0.3, -0.25) is 14.8 Å². The maximum Gasteiger partial charge on any atom is 0.338 e. The molecule has 0 atom stereocenters. The Balaban J connectivity index is 3.10. The van der Waals surface area contributed by atoms with Crippen molar-refractivity contribution in [2.24, 2.45) is 0 Å². The van der Waals surface area contributed by atoms with Crippen LogP contribution in [0.15, 0.2) is 24.3 Å². The monoisotopic (exact) mass is 390 g/mol. The fourth-order valence-corrected chi connectivity index (χ4v) is 3.12. The fourth-order valence-electron chi connectivity index (χ4n) is 1.95. The van der Waals surface area contributed by atoms with E-state index < -0.39 is 20.9 Å². The number of nitro benzene ring substituents is 1. The minimum absolute atomic E-state index is 0.0382. The molecule has 8 nitrogen and oxygen atoms in total. The molecule has 25 heavy (non-hydrogen) atoms. The van der Waals surface area contributed by atoms with Crippen molar-refractivity contribution in [3.8, 4) is 0 Å². The first-order chi connectivity index (χ1) is 11.7. The number of ether oxygens (including phenoxy) is 1. The van der Waals surface area contributed by atoms with E-state index in [0.29, 0.717) is 12.3 Å². The van der Waals surface area contributed by atoms with Crippen molar-refractivity contribution in [3.63, 3.8) is 0 Å². The molecular formula is C15H19ClN2O6S. The predicted octanol–water partition coefficient (Wildman–Crippen LogP) is 3.01. The molecule has 1 rings (SSSR count). The van der Waals surface area contributed by atoms with Gasteiger partial charge in [0.1, 0.15) is 0 Å². The quantitative estimate of drug-likeness (QED) is 0.173. The first-order valence-corrected chi connectivity index (χ1v) is 9.49. The van der Waals surface area contributed by atoms with Gasteiger partial charge in [0, 0.05) is 11.9 Å². The number of hydrogen-bond acceptors (Lipinski definition) is 6. The van der Waals surface area contributed by atoms with Gasteiger partial charge in [0.15, 0.2) is 0 Å². The van der Waals surface area contributed by atoms with Crippen LogP contribution < -0.4 is 4.72 Å². The normalized spacial score (nSPS) is 11.5. The average Bonchev–Trinajstić information content (AvgIpc) is 2.55. The highest BCUT2D eigenvalue weighted by molar-refractivity contribution is 7.92. The van der Waals surface area contributed by atoms with Crippen molar-refractivity contribution in [1.82, 2.24) is 0 Å². The Bertz CT molecular complexity index is 776. The number of nitrogens with zero attached hydrogens (tertiary/aromatic N) is 1. The van der Waals surface area contributed by atoms with E-state index in [1.165, 1.54) is 19.1 Å². The molecule has 0 bridgehead atoms. The Morgan fingerprint density at radius 1 is 1.40 bits per heavy atom. The number of nitrogens with one attached hydrogen (secondary N) is 1. The second-order valence-electron chi connectivity index (χ2n) is 5.10. The second kappa shape index (κ2) is 9.38. The first kappa shape index (κ1) is 20.9. The molecule has 0 saturated carbocycles. The molecule has 0 aliphatic carbocycles. The molecule has 0 saturated heterocycles. The Hall–Kier alpha value is -2.13. The van der Waals surface area contributed by atoms with Crippen molar-refractivity contribution >= 4 is 39.0 Å². The van der Waals surface area contributed by atoms with Gasteiger partial charge >= 0.3 is 5.97 Å². The highest BCUT2D eigenvalue weighted by atomic mass is 35.5. The zero-order valence-electron chi connectivity index (χ0n) is 13.8. The average molecular weight is 391 g/mol. The number of carbonyl (C=O) groups excluding carboxylic acids is 1. The summed E-state index contributed by atoms with van der Waals surface area (Å²) in [6.07, 6.45) is 4.56. The molecule has 0 unspecified atom stereocenters. The molecule has 0 aliphatic rings. The Morgan fingerprint density at radius 2 is 2.08 bits per heavy atom. The topological polar surface area (TPSA) is 116 Å². The van der Waals surface area contributed by atoms with Gasteiger partial charge in [-0.15, -0.1) is 11.6 Å². The SMILES string of the molecule is COC(=O)c1cc(NS(=O)(=O)CC=CCCCCl)c(C)c([N+](=O)[O-])c1. The summed E-state index contributed by atoms with van der Waals surface area (Å²) in [4.78, 5) is 22.1. The van der Waals surface area contributed by atoms with Crippen LogP contribution in [-0.2, 0) is 14.8 Å². The Labute approximate surface area is 151 Å². The van der Waals surface area contributed by atoms with Crippen molar-refractivity contribution in [3.05, 3.63) is 45.5 Å². The van der Waals surface area contributed by atoms with Crippen LogP contribution >= 0.6 is 11.6 Å². The molecule has 10 heteroatoms. The molecule has 0 radical (unpaired) electrons. The predicted molar refractivity (Wildman–Crippen MR) is 95.7 cm³/mol. The van der Waals surface area contributed by atoms with Crippen LogP contribution in [-0.4, -0.2) is 38.1 Å². The third kappa shape index (κ3) is 6.35. The van der Waals surface area contributed by atoms with E-state index in [2.05, 4.69) is 9.46 Å². The maximum absolute atomic E-state index is 12.1. The van der Waals surface area contributed by atoms with Crippen molar-refractivity contribution in [2.75, 3.05) is 23.5 Å². The summed E-state index contributed by atoms with van der Waals surface area (Å²) < 4.78 is 31.1. The number of carbonyl (C=O) groups is 1. The standard InChI is InChI=1S/C15H19ClN2O6S/c1-11-13(17-25(22,23)8-6-4-3-5-7-16)9-12(15(19)24-2)10-14(11)18(20)21/h4,6,9-10,17H,3,5,7-8H2,1-2H3. The number of unbranched alkanes of at least 4 members (excludes halogenated alkanes) is 1. The summed E-state index contributed by atoms with van der Waals surface area (Å²) in [6, 6.07) is 2.26. The maximum atomic E-state index is 12.1. The third-order valence-corrected chi connectivity index (χ3v) is 4.68. The number of anilines is 1. The van der Waals surface area contributed by atoms with E-state index >= 15 is 0 Å². The molecule has 0 spiro atoms. The molecule has 0 fully saturated rings. The lowest BCUT2D eigenvalue weighted by Gasteiger charge is -2.11. The van der Waals surface area contributed by atoms with Crippen LogP contribution in [0, 0.1) is 17.0 Å². The number of esters is 1. The zero-order valence-corrected chi connectivity index (χ0v) is 15.4. The van der Waals surface area contributed by atoms with Gasteiger partial charge in [-0.1, -0.05) is 12.2 Å². The largest absolute Gasteiger partial charge is 0.465 e. The van der Waals surface area contributed by atoms with E-state index in [0.717, 1.165) is 19.6 Å². The number of nitro groups is 1. The number of benzene rings is 1. The summed E-state index contributed by atoms with van der Waals surface area (Å²) in [7, 11) is -2.65. The van der Waals surface area contributed by atoms with Crippen LogP contribution in [0.3, 0.4) is 0 Å². The van der Waals surface area contributed by atoms with E-state index in [1.807, 2.05) is 0 Å². The molecular weight excluding hydrogens is 372 g/mol. The lowest BCUT2D eigenvalue weighted by molar-refractivity contribution is -0.385. The van der Waals surface area contributed by atoms with Gasteiger partial charge in [-0.05, 0) is 25.8 Å². The molecule has 0 heterocycles. The van der Waals surface area contributed by atoms with Gasteiger partial charge < -0.3 is 4.74 Å². The second-order valence-corrected chi connectivity index (χ2v) is 7.25. The van der Waals surface area contributed by atoms with Crippen LogP contribution in [0.1, 0.15) is 28.8 Å². The van der Waals surface area contributed by atoms with Crippen LogP contribution in [0.5, 0.6) is 0 Å². The highest BCUT2D eigenvalue weighted by Crippen LogP contribution is 2.29. The number of hydrogen-bond donors (Lipinski definition) is 1. The van der Waals surface area contributed by atoms with Crippen LogP contribution in [0.2, 0.25) is 0 Å². The van der Waals surface area contributed by atoms with Gasteiger partial charge in [0.25, 0.3) is 5.69 Å². The van der Waals surface area contributed by atoms with E-state index in [1.54, 1.807) is 6.08 Å². The van der Waals surface area contributed by atoms with Gasteiger partial charge in [0.05, 0.1) is 34.6 Å². The van der Waals surface area contributed by atoms with Crippen LogP contribution in [0.4, 0.5) is 11.4 Å². The van der Waals surface area contributed by atoms with Gasteiger partial charge in [0.2, 0.25) is 10.0 Å². The summed E-state index contributed by atoms with van der Waals surface area (Å²) in [5.41, 5.74) is -0.426. The smallest absolute Gasteiger partial charge is 0.338 e. The Kier molecular flexibility index (Phi) is 7.85. The molecule has 1 aromatic rings. The molecule has 0 amide bonds. The zero-order chi connectivity index (χ0) is 19.0. The lowest BCUT2D eigenvalue weighted by atomic mass is 10.1. The number of allylic oxidation sites excluding steroid dienone is 1. The summed E-state index contributed by atoms with van der Waals surface area (Å²) in [5.74, 6) is -0.617. The summed E-state index contributed by atoms with van der Waals surface area (Å²) in [6.45, 7) is 1.40. The van der Waals surface area contributed by atoms with Crippen molar-refractivity contribution in [2.45, 2.75) is 19.8 Å². The molecule has 0 aliphatic heterocycles.